The second-order valence-electron chi connectivity index (χ2n) is 6.87. The molecule has 0 aliphatic carbocycles. The highest BCUT2D eigenvalue weighted by molar-refractivity contribution is 7.12. The number of hydrogen-bond donors (Lipinski definition) is 2. The Labute approximate surface area is 182 Å². The first-order valence-corrected chi connectivity index (χ1v) is 10.4. The van der Waals surface area contributed by atoms with Crippen LogP contribution in [0.5, 0.6) is 0 Å². The Hall–Kier alpha value is -3.78. The van der Waals surface area contributed by atoms with Crippen molar-refractivity contribution in [3.63, 3.8) is 0 Å². The highest BCUT2D eigenvalue weighted by atomic mass is 32.1. The molecule has 31 heavy (non-hydrogen) atoms. The molecule has 2 amide bonds. The molecule has 0 radical (unpaired) electrons. The molecule has 2 aromatic heterocycles. The molecule has 0 spiro atoms. The van der Waals surface area contributed by atoms with Crippen LogP contribution in [0.4, 0.5) is 10.1 Å². The van der Waals surface area contributed by atoms with Crippen molar-refractivity contribution < 1.29 is 14.0 Å². The predicted molar refractivity (Wildman–Crippen MR) is 118 cm³/mol. The summed E-state index contributed by atoms with van der Waals surface area (Å²) >= 11 is 1.35. The van der Waals surface area contributed by atoms with Crippen LogP contribution in [-0.4, -0.2) is 21.4 Å². The van der Waals surface area contributed by atoms with Crippen LogP contribution in [0.3, 0.4) is 0 Å². The molecular weight excluding hydrogens is 415 g/mol. The van der Waals surface area contributed by atoms with E-state index < -0.39 is 11.9 Å². The van der Waals surface area contributed by atoms with E-state index in [1.54, 1.807) is 59.4 Å². The molecule has 0 saturated heterocycles. The van der Waals surface area contributed by atoms with Gasteiger partial charge in [-0.3, -0.25) is 9.59 Å². The van der Waals surface area contributed by atoms with Crippen molar-refractivity contribution in [2.24, 2.45) is 7.05 Å². The van der Waals surface area contributed by atoms with Gasteiger partial charge in [-0.2, -0.15) is 0 Å². The van der Waals surface area contributed by atoms with E-state index in [0.29, 0.717) is 27.5 Å². The fraction of sp³-hybridized carbons (Fsp3) is 0.0870. The maximum atomic E-state index is 13.8. The van der Waals surface area contributed by atoms with Crippen LogP contribution in [0.1, 0.15) is 37.5 Å². The zero-order chi connectivity index (χ0) is 21.8. The lowest BCUT2D eigenvalue weighted by Gasteiger charge is -2.19. The number of halogens is 1. The molecule has 1 unspecified atom stereocenters. The van der Waals surface area contributed by atoms with E-state index in [2.05, 4.69) is 15.6 Å². The molecular formula is C23H19FN4O2S. The van der Waals surface area contributed by atoms with Crippen molar-refractivity contribution in [3.05, 3.63) is 106 Å². The number of carbonyl (C=O) groups excluding carboxylic acids is 2. The Morgan fingerprint density at radius 3 is 2.52 bits per heavy atom. The number of rotatable bonds is 6. The van der Waals surface area contributed by atoms with Crippen LogP contribution in [0.25, 0.3) is 0 Å². The second-order valence-corrected chi connectivity index (χ2v) is 7.81. The van der Waals surface area contributed by atoms with Gasteiger partial charge >= 0.3 is 0 Å². The van der Waals surface area contributed by atoms with E-state index in [1.165, 1.54) is 23.5 Å². The SMILES string of the molecule is Cn1ccnc1C(NC(=O)c1ccc(NC(=O)c2cccs2)cc1)c1cccc(F)c1. The molecule has 0 bridgehead atoms. The number of anilines is 1. The standard InChI is InChI=1S/C23H19FN4O2S/c1-28-12-11-25-21(28)20(16-4-2-5-17(24)14-16)27-22(29)15-7-9-18(10-8-15)26-23(30)19-6-3-13-31-19/h2-14,20H,1H3,(H,26,30)(H,27,29). The highest BCUT2D eigenvalue weighted by Gasteiger charge is 2.22. The van der Waals surface area contributed by atoms with Gasteiger partial charge in [0.1, 0.15) is 17.7 Å². The van der Waals surface area contributed by atoms with Crippen molar-refractivity contribution in [2.45, 2.75) is 6.04 Å². The van der Waals surface area contributed by atoms with E-state index in [9.17, 15) is 14.0 Å². The number of aromatic nitrogens is 2. The number of nitrogens with one attached hydrogen (secondary N) is 2. The zero-order valence-corrected chi connectivity index (χ0v) is 17.4. The number of hydrogen-bond acceptors (Lipinski definition) is 4. The third-order valence-electron chi connectivity index (χ3n) is 4.72. The fourth-order valence-electron chi connectivity index (χ4n) is 3.16. The van der Waals surface area contributed by atoms with Gasteiger partial charge in [0.05, 0.1) is 4.88 Å². The molecule has 2 heterocycles. The molecule has 6 nitrogen and oxygen atoms in total. The Morgan fingerprint density at radius 1 is 1.06 bits per heavy atom. The molecule has 0 saturated carbocycles. The summed E-state index contributed by atoms with van der Waals surface area (Å²) in [6.07, 6.45) is 3.39. The van der Waals surface area contributed by atoms with Crippen LogP contribution < -0.4 is 10.6 Å². The Bertz CT molecular complexity index is 1200. The summed E-state index contributed by atoms with van der Waals surface area (Å²) in [4.78, 5) is 30.0. The van der Waals surface area contributed by atoms with E-state index in [1.807, 2.05) is 18.5 Å². The Balaban J connectivity index is 1.52. The summed E-state index contributed by atoms with van der Waals surface area (Å²) in [5.41, 5.74) is 1.58. The summed E-state index contributed by atoms with van der Waals surface area (Å²) in [6.45, 7) is 0. The summed E-state index contributed by atoms with van der Waals surface area (Å²) in [5, 5.41) is 7.56. The lowest BCUT2D eigenvalue weighted by Crippen LogP contribution is -2.31. The van der Waals surface area contributed by atoms with Crippen molar-refractivity contribution in [2.75, 3.05) is 5.32 Å². The molecule has 0 aliphatic heterocycles. The van der Waals surface area contributed by atoms with Gasteiger partial charge in [-0.05, 0) is 53.4 Å². The Kier molecular flexibility index (Phi) is 5.90. The predicted octanol–water partition coefficient (Wildman–Crippen LogP) is 4.39. The van der Waals surface area contributed by atoms with Crippen molar-refractivity contribution in [1.82, 2.24) is 14.9 Å². The largest absolute Gasteiger partial charge is 0.338 e. The molecule has 4 aromatic rings. The average Bonchev–Trinajstić information content (AvgIpc) is 3.44. The lowest BCUT2D eigenvalue weighted by molar-refractivity contribution is 0.0940. The normalized spacial score (nSPS) is 11.7. The molecule has 156 valence electrons. The number of amides is 2. The number of carbonyl (C=O) groups is 2. The third kappa shape index (κ3) is 4.70. The van der Waals surface area contributed by atoms with Gasteiger partial charge in [0.25, 0.3) is 11.8 Å². The number of thiophene rings is 1. The zero-order valence-electron chi connectivity index (χ0n) is 16.6. The van der Waals surface area contributed by atoms with Gasteiger partial charge in [-0.25, -0.2) is 9.37 Å². The van der Waals surface area contributed by atoms with Crippen LogP contribution in [-0.2, 0) is 7.05 Å². The topological polar surface area (TPSA) is 76.0 Å². The fourth-order valence-corrected chi connectivity index (χ4v) is 3.78. The molecule has 1 atom stereocenters. The molecule has 4 rings (SSSR count). The number of benzene rings is 2. The third-order valence-corrected chi connectivity index (χ3v) is 5.59. The van der Waals surface area contributed by atoms with E-state index >= 15 is 0 Å². The van der Waals surface area contributed by atoms with Gasteiger partial charge in [0, 0.05) is 30.7 Å². The summed E-state index contributed by atoms with van der Waals surface area (Å²) in [7, 11) is 1.81. The second kappa shape index (κ2) is 8.93. The summed E-state index contributed by atoms with van der Waals surface area (Å²) in [6, 6.07) is 15.6. The van der Waals surface area contributed by atoms with Crippen molar-refractivity contribution in [1.29, 1.82) is 0 Å². The lowest BCUT2D eigenvalue weighted by atomic mass is 10.0. The van der Waals surface area contributed by atoms with Crippen molar-refractivity contribution >= 4 is 28.8 Å². The molecule has 8 heteroatoms. The smallest absolute Gasteiger partial charge is 0.265 e. The van der Waals surface area contributed by atoms with Gasteiger partial charge < -0.3 is 15.2 Å². The van der Waals surface area contributed by atoms with Crippen molar-refractivity contribution in [3.8, 4) is 0 Å². The van der Waals surface area contributed by atoms with E-state index in [-0.39, 0.29) is 11.8 Å². The maximum absolute atomic E-state index is 13.8. The average molecular weight is 434 g/mol. The quantitative estimate of drug-likeness (QED) is 0.473. The first-order valence-electron chi connectivity index (χ1n) is 9.50. The molecule has 2 N–H and O–H groups in total. The van der Waals surface area contributed by atoms with Gasteiger partial charge in [-0.1, -0.05) is 18.2 Å². The number of aryl methyl sites for hydroxylation is 1. The van der Waals surface area contributed by atoms with Gasteiger partial charge in [0.2, 0.25) is 0 Å². The van der Waals surface area contributed by atoms with Crippen LogP contribution >= 0.6 is 11.3 Å². The first-order chi connectivity index (χ1) is 15.0. The van der Waals surface area contributed by atoms with E-state index in [4.69, 9.17) is 0 Å². The number of imidazole rings is 1. The van der Waals surface area contributed by atoms with Crippen LogP contribution in [0.15, 0.2) is 78.4 Å². The highest BCUT2D eigenvalue weighted by Crippen LogP contribution is 2.22. The first kappa shape index (κ1) is 20.5. The Morgan fingerprint density at radius 2 is 1.87 bits per heavy atom. The molecule has 0 fully saturated rings. The minimum atomic E-state index is -0.624. The molecule has 2 aromatic carbocycles. The summed E-state index contributed by atoms with van der Waals surface area (Å²) in [5.74, 6) is -0.350. The van der Waals surface area contributed by atoms with Crippen LogP contribution in [0, 0.1) is 5.82 Å². The minimum absolute atomic E-state index is 0.201. The minimum Gasteiger partial charge on any atom is -0.338 e. The summed E-state index contributed by atoms with van der Waals surface area (Å²) < 4.78 is 15.6. The van der Waals surface area contributed by atoms with Gasteiger partial charge in [-0.15, -0.1) is 11.3 Å². The van der Waals surface area contributed by atoms with Gasteiger partial charge in [0.15, 0.2) is 0 Å². The monoisotopic (exact) mass is 434 g/mol. The van der Waals surface area contributed by atoms with E-state index in [0.717, 1.165) is 0 Å². The number of nitrogens with zero attached hydrogens (tertiary/aromatic N) is 2. The van der Waals surface area contributed by atoms with Crippen LogP contribution in [0.2, 0.25) is 0 Å². The molecule has 0 aliphatic rings. The maximum Gasteiger partial charge on any atom is 0.265 e.